The molecule has 0 aliphatic heterocycles. The number of rotatable bonds is 4. The SMILES string of the molecule is CCC(NC(=O)C1C(C)(C)C1(C)C)c1ncc[nH]1. The molecule has 4 nitrogen and oxygen atoms in total. The normalized spacial score (nSPS) is 22.5. The van der Waals surface area contributed by atoms with Crippen LogP contribution < -0.4 is 5.32 Å². The predicted molar refractivity (Wildman–Crippen MR) is 70.8 cm³/mol. The van der Waals surface area contributed by atoms with E-state index in [4.69, 9.17) is 0 Å². The minimum atomic E-state index is -0.0142. The number of carbonyl (C=O) groups is 1. The number of carbonyl (C=O) groups excluding carboxylic acids is 1. The highest BCUT2D eigenvalue weighted by Crippen LogP contribution is 2.68. The number of imidazole rings is 1. The van der Waals surface area contributed by atoms with Gasteiger partial charge in [-0.05, 0) is 17.3 Å². The van der Waals surface area contributed by atoms with E-state index in [-0.39, 0.29) is 28.7 Å². The molecule has 1 fully saturated rings. The summed E-state index contributed by atoms with van der Waals surface area (Å²) in [5, 5.41) is 3.11. The zero-order valence-electron chi connectivity index (χ0n) is 11.9. The van der Waals surface area contributed by atoms with Crippen molar-refractivity contribution < 1.29 is 4.79 Å². The first kappa shape index (κ1) is 13.1. The van der Waals surface area contributed by atoms with Crippen molar-refractivity contribution in [1.29, 1.82) is 0 Å². The fourth-order valence-corrected chi connectivity index (χ4v) is 2.94. The predicted octanol–water partition coefficient (Wildman–Crippen LogP) is 2.66. The Morgan fingerprint density at radius 1 is 1.44 bits per heavy atom. The molecule has 18 heavy (non-hydrogen) atoms. The van der Waals surface area contributed by atoms with Crippen molar-refractivity contribution in [1.82, 2.24) is 15.3 Å². The van der Waals surface area contributed by atoms with Gasteiger partial charge < -0.3 is 10.3 Å². The molecule has 100 valence electrons. The van der Waals surface area contributed by atoms with Gasteiger partial charge in [-0.25, -0.2) is 4.98 Å². The van der Waals surface area contributed by atoms with E-state index in [1.807, 2.05) is 0 Å². The number of aromatic amines is 1. The van der Waals surface area contributed by atoms with Gasteiger partial charge in [0.25, 0.3) is 0 Å². The summed E-state index contributed by atoms with van der Waals surface area (Å²) < 4.78 is 0. The fourth-order valence-electron chi connectivity index (χ4n) is 2.94. The molecule has 2 N–H and O–H groups in total. The van der Waals surface area contributed by atoms with Crippen molar-refractivity contribution in [3.8, 4) is 0 Å². The fraction of sp³-hybridized carbons (Fsp3) is 0.714. The number of H-pyrrole nitrogens is 1. The molecule has 0 aromatic carbocycles. The second-order valence-corrected chi connectivity index (χ2v) is 6.32. The Hall–Kier alpha value is -1.32. The van der Waals surface area contributed by atoms with E-state index in [1.54, 1.807) is 12.4 Å². The highest BCUT2D eigenvalue weighted by atomic mass is 16.2. The Morgan fingerprint density at radius 2 is 2.06 bits per heavy atom. The van der Waals surface area contributed by atoms with Gasteiger partial charge in [0.1, 0.15) is 5.82 Å². The minimum absolute atomic E-state index is 0.0142. The van der Waals surface area contributed by atoms with Crippen molar-refractivity contribution in [2.75, 3.05) is 0 Å². The van der Waals surface area contributed by atoms with Crippen LogP contribution in [0.5, 0.6) is 0 Å². The van der Waals surface area contributed by atoms with Gasteiger partial charge in [0.2, 0.25) is 5.91 Å². The van der Waals surface area contributed by atoms with Crippen LogP contribution in [0.25, 0.3) is 0 Å². The summed E-state index contributed by atoms with van der Waals surface area (Å²) in [6.07, 6.45) is 4.34. The first-order valence-corrected chi connectivity index (χ1v) is 6.62. The largest absolute Gasteiger partial charge is 0.347 e. The molecule has 0 bridgehead atoms. The number of hydrogen-bond donors (Lipinski definition) is 2. The van der Waals surface area contributed by atoms with Crippen LogP contribution in [0.2, 0.25) is 0 Å². The Bertz CT molecular complexity index is 420. The van der Waals surface area contributed by atoms with E-state index in [0.717, 1.165) is 12.2 Å². The van der Waals surface area contributed by atoms with Gasteiger partial charge in [0.15, 0.2) is 0 Å². The number of hydrogen-bond acceptors (Lipinski definition) is 2. The number of amides is 1. The molecule has 1 amide bonds. The van der Waals surface area contributed by atoms with Crippen LogP contribution in [0.3, 0.4) is 0 Å². The second kappa shape index (κ2) is 4.11. The number of nitrogens with one attached hydrogen (secondary N) is 2. The second-order valence-electron chi connectivity index (χ2n) is 6.32. The zero-order chi connectivity index (χ0) is 13.6. The summed E-state index contributed by atoms with van der Waals surface area (Å²) in [5.74, 6) is 1.07. The summed E-state index contributed by atoms with van der Waals surface area (Å²) in [6.45, 7) is 10.7. The maximum Gasteiger partial charge on any atom is 0.224 e. The van der Waals surface area contributed by atoms with Crippen molar-refractivity contribution in [2.45, 2.75) is 47.1 Å². The standard InChI is InChI=1S/C14H23N3O/c1-6-9(11-15-7-8-16-11)17-12(18)10-13(2,3)14(10,4)5/h7-10H,6H2,1-5H3,(H,15,16)(H,17,18). The van der Waals surface area contributed by atoms with Gasteiger partial charge >= 0.3 is 0 Å². The Balaban J connectivity index is 2.05. The molecule has 1 aromatic heterocycles. The Labute approximate surface area is 109 Å². The maximum absolute atomic E-state index is 12.3. The minimum Gasteiger partial charge on any atom is -0.347 e. The molecule has 1 unspecified atom stereocenters. The Morgan fingerprint density at radius 3 is 2.44 bits per heavy atom. The molecule has 1 saturated carbocycles. The van der Waals surface area contributed by atoms with Crippen LogP contribution >= 0.6 is 0 Å². The summed E-state index contributed by atoms with van der Waals surface area (Å²) >= 11 is 0. The third-order valence-corrected chi connectivity index (χ3v) is 4.86. The first-order chi connectivity index (χ1) is 8.32. The summed E-state index contributed by atoms with van der Waals surface area (Å²) in [5.41, 5.74) is 0.164. The van der Waals surface area contributed by atoms with E-state index in [2.05, 4.69) is 49.9 Å². The van der Waals surface area contributed by atoms with Crippen LogP contribution in [0.4, 0.5) is 0 Å². The lowest BCUT2D eigenvalue weighted by Crippen LogP contribution is -2.31. The average molecular weight is 249 g/mol. The van der Waals surface area contributed by atoms with Crippen molar-refractivity contribution in [3.05, 3.63) is 18.2 Å². The number of nitrogens with zero attached hydrogens (tertiary/aromatic N) is 1. The van der Waals surface area contributed by atoms with Gasteiger partial charge in [-0.2, -0.15) is 0 Å². The molecule has 0 saturated heterocycles. The van der Waals surface area contributed by atoms with E-state index in [9.17, 15) is 4.79 Å². The van der Waals surface area contributed by atoms with Crippen molar-refractivity contribution >= 4 is 5.91 Å². The van der Waals surface area contributed by atoms with Gasteiger partial charge in [0.05, 0.1) is 6.04 Å². The van der Waals surface area contributed by atoms with Crippen LogP contribution in [-0.4, -0.2) is 15.9 Å². The molecule has 2 rings (SSSR count). The molecule has 1 aliphatic rings. The zero-order valence-corrected chi connectivity index (χ0v) is 11.9. The number of aromatic nitrogens is 2. The smallest absolute Gasteiger partial charge is 0.224 e. The molecule has 0 radical (unpaired) electrons. The average Bonchev–Trinajstić information content (AvgIpc) is 2.70. The van der Waals surface area contributed by atoms with Gasteiger partial charge in [-0.1, -0.05) is 34.6 Å². The summed E-state index contributed by atoms with van der Waals surface area (Å²) in [4.78, 5) is 19.6. The first-order valence-electron chi connectivity index (χ1n) is 6.62. The van der Waals surface area contributed by atoms with Gasteiger partial charge in [-0.15, -0.1) is 0 Å². The molecular weight excluding hydrogens is 226 g/mol. The summed E-state index contributed by atoms with van der Waals surface area (Å²) in [7, 11) is 0. The quantitative estimate of drug-likeness (QED) is 0.862. The van der Waals surface area contributed by atoms with Crippen LogP contribution in [-0.2, 0) is 4.79 Å². The lowest BCUT2D eigenvalue weighted by molar-refractivity contribution is -0.124. The highest BCUT2D eigenvalue weighted by molar-refractivity contribution is 5.84. The van der Waals surface area contributed by atoms with E-state index < -0.39 is 0 Å². The molecule has 1 aliphatic carbocycles. The molecule has 1 aromatic rings. The third kappa shape index (κ3) is 1.84. The molecule has 1 atom stereocenters. The molecule has 1 heterocycles. The van der Waals surface area contributed by atoms with Gasteiger partial charge in [-0.3, -0.25) is 4.79 Å². The van der Waals surface area contributed by atoms with E-state index >= 15 is 0 Å². The Kier molecular flexibility index (Phi) is 2.99. The lowest BCUT2D eigenvalue weighted by Gasteiger charge is -2.15. The van der Waals surface area contributed by atoms with E-state index in [0.29, 0.717) is 0 Å². The summed E-state index contributed by atoms with van der Waals surface area (Å²) in [6, 6.07) is -0.0142. The van der Waals surface area contributed by atoms with Crippen LogP contribution in [0, 0.1) is 16.7 Å². The maximum atomic E-state index is 12.3. The highest BCUT2D eigenvalue weighted by Gasteiger charge is 2.68. The molecular formula is C14H23N3O. The van der Waals surface area contributed by atoms with Crippen LogP contribution in [0.1, 0.15) is 52.9 Å². The molecule has 0 spiro atoms. The third-order valence-electron chi connectivity index (χ3n) is 4.86. The lowest BCUT2D eigenvalue weighted by atomic mass is 10.0. The van der Waals surface area contributed by atoms with Crippen molar-refractivity contribution in [3.63, 3.8) is 0 Å². The van der Waals surface area contributed by atoms with Crippen molar-refractivity contribution in [2.24, 2.45) is 16.7 Å². The monoisotopic (exact) mass is 249 g/mol. The van der Waals surface area contributed by atoms with Gasteiger partial charge in [0, 0.05) is 18.3 Å². The topological polar surface area (TPSA) is 57.8 Å². The molecule has 4 heteroatoms. The van der Waals surface area contributed by atoms with E-state index in [1.165, 1.54) is 0 Å². The van der Waals surface area contributed by atoms with Crippen LogP contribution in [0.15, 0.2) is 12.4 Å².